The van der Waals surface area contributed by atoms with Crippen molar-refractivity contribution in [3.05, 3.63) is 17.7 Å². The van der Waals surface area contributed by atoms with Crippen LogP contribution in [0.1, 0.15) is 50.0 Å². The lowest BCUT2D eigenvalue weighted by atomic mass is 10.1. The monoisotopic (exact) mass is 193 g/mol. The van der Waals surface area contributed by atoms with Gasteiger partial charge in [0, 0.05) is 17.8 Å². The van der Waals surface area contributed by atoms with Gasteiger partial charge in [0.15, 0.2) is 0 Å². The molecule has 1 saturated carbocycles. The van der Waals surface area contributed by atoms with Gasteiger partial charge in [-0.15, -0.1) is 0 Å². The fourth-order valence-corrected chi connectivity index (χ4v) is 2.16. The molecular formula is C11H19N3. The third-order valence-electron chi connectivity index (χ3n) is 2.99. The molecule has 0 aliphatic heterocycles. The topological polar surface area (TPSA) is 40.7 Å². The second kappa shape index (κ2) is 4.60. The van der Waals surface area contributed by atoms with Crippen LogP contribution in [-0.4, -0.2) is 16.5 Å². The van der Waals surface area contributed by atoms with E-state index in [1.165, 1.54) is 31.4 Å². The Hall–Kier alpha value is -0.830. The molecule has 1 fully saturated rings. The lowest BCUT2D eigenvalue weighted by molar-refractivity contribution is 0.677. The van der Waals surface area contributed by atoms with E-state index in [1.54, 1.807) is 0 Å². The van der Waals surface area contributed by atoms with E-state index in [-0.39, 0.29) is 0 Å². The molecule has 1 aliphatic rings. The van der Waals surface area contributed by atoms with Gasteiger partial charge in [-0.2, -0.15) is 0 Å². The molecule has 1 aromatic rings. The molecule has 0 unspecified atom stereocenters. The van der Waals surface area contributed by atoms with Crippen molar-refractivity contribution in [2.75, 3.05) is 6.54 Å². The Bertz CT molecular complexity index is 274. The predicted octanol–water partition coefficient (Wildman–Crippen LogP) is 2.18. The van der Waals surface area contributed by atoms with Gasteiger partial charge in [0.05, 0.1) is 6.54 Å². The molecule has 2 rings (SSSR count). The summed E-state index contributed by atoms with van der Waals surface area (Å²) in [5.74, 6) is 1.83. The molecule has 0 saturated heterocycles. The quantitative estimate of drug-likeness (QED) is 0.769. The maximum atomic E-state index is 4.38. The van der Waals surface area contributed by atoms with Gasteiger partial charge in [-0.25, -0.2) is 4.98 Å². The molecular weight excluding hydrogens is 174 g/mol. The van der Waals surface area contributed by atoms with E-state index in [4.69, 9.17) is 0 Å². The molecule has 78 valence electrons. The molecule has 0 atom stereocenters. The van der Waals surface area contributed by atoms with Crippen LogP contribution in [0, 0.1) is 0 Å². The first kappa shape index (κ1) is 9.71. The van der Waals surface area contributed by atoms with Crippen molar-refractivity contribution in [3.8, 4) is 0 Å². The number of imidazole rings is 1. The summed E-state index contributed by atoms with van der Waals surface area (Å²) >= 11 is 0. The number of H-pyrrole nitrogens is 1. The maximum Gasteiger partial charge on any atom is 0.120 e. The van der Waals surface area contributed by atoms with Crippen LogP contribution in [0.2, 0.25) is 0 Å². The minimum Gasteiger partial charge on any atom is -0.345 e. The molecule has 1 heterocycles. The zero-order chi connectivity index (χ0) is 9.80. The minimum atomic E-state index is 0.748. The van der Waals surface area contributed by atoms with E-state index in [9.17, 15) is 0 Å². The zero-order valence-electron chi connectivity index (χ0n) is 8.84. The highest BCUT2D eigenvalue weighted by molar-refractivity contribution is 5.08. The number of aromatic amines is 1. The largest absolute Gasteiger partial charge is 0.345 e. The lowest BCUT2D eigenvalue weighted by Gasteiger charge is -2.04. The number of nitrogens with zero attached hydrogens (tertiary/aromatic N) is 1. The van der Waals surface area contributed by atoms with Gasteiger partial charge in [-0.1, -0.05) is 19.8 Å². The Morgan fingerprint density at radius 2 is 2.29 bits per heavy atom. The SMILES string of the molecule is CCNCc1ncc(C2CCCC2)[nH]1. The smallest absolute Gasteiger partial charge is 0.120 e. The van der Waals surface area contributed by atoms with Crippen LogP contribution in [-0.2, 0) is 6.54 Å². The van der Waals surface area contributed by atoms with Crippen LogP contribution in [0.5, 0.6) is 0 Å². The Kier molecular flexibility index (Phi) is 3.19. The third kappa shape index (κ3) is 2.15. The first-order chi connectivity index (χ1) is 6.90. The Labute approximate surface area is 85.3 Å². The second-order valence-corrected chi connectivity index (χ2v) is 4.05. The number of nitrogens with one attached hydrogen (secondary N) is 2. The summed E-state index contributed by atoms with van der Waals surface area (Å²) < 4.78 is 0. The molecule has 0 aromatic carbocycles. The minimum absolute atomic E-state index is 0.748. The highest BCUT2D eigenvalue weighted by Gasteiger charge is 2.18. The van der Waals surface area contributed by atoms with Gasteiger partial charge in [-0.3, -0.25) is 0 Å². The molecule has 1 aliphatic carbocycles. The van der Waals surface area contributed by atoms with E-state index in [0.717, 1.165) is 24.8 Å². The van der Waals surface area contributed by atoms with Crippen LogP contribution in [0.4, 0.5) is 0 Å². The molecule has 14 heavy (non-hydrogen) atoms. The molecule has 3 nitrogen and oxygen atoms in total. The van der Waals surface area contributed by atoms with Gasteiger partial charge in [0.25, 0.3) is 0 Å². The molecule has 2 N–H and O–H groups in total. The number of aromatic nitrogens is 2. The van der Waals surface area contributed by atoms with Gasteiger partial charge in [0.2, 0.25) is 0 Å². The first-order valence-electron chi connectivity index (χ1n) is 5.64. The van der Waals surface area contributed by atoms with Gasteiger partial charge in [0.1, 0.15) is 5.82 Å². The summed E-state index contributed by atoms with van der Waals surface area (Å²) in [5, 5.41) is 3.27. The van der Waals surface area contributed by atoms with Gasteiger partial charge >= 0.3 is 0 Å². The van der Waals surface area contributed by atoms with Gasteiger partial charge in [-0.05, 0) is 19.4 Å². The first-order valence-corrected chi connectivity index (χ1v) is 5.64. The Balaban J connectivity index is 1.94. The van der Waals surface area contributed by atoms with E-state index in [1.807, 2.05) is 6.20 Å². The highest BCUT2D eigenvalue weighted by atomic mass is 15.0. The van der Waals surface area contributed by atoms with Crippen LogP contribution >= 0.6 is 0 Å². The van der Waals surface area contributed by atoms with Crippen LogP contribution in [0.3, 0.4) is 0 Å². The van der Waals surface area contributed by atoms with Crippen LogP contribution in [0.15, 0.2) is 6.20 Å². The predicted molar refractivity (Wildman–Crippen MR) is 57.2 cm³/mol. The lowest BCUT2D eigenvalue weighted by Crippen LogP contribution is -2.12. The van der Waals surface area contributed by atoms with Crippen LogP contribution in [0.25, 0.3) is 0 Å². The molecule has 3 heteroatoms. The van der Waals surface area contributed by atoms with Crippen molar-refractivity contribution in [1.29, 1.82) is 0 Å². The van der Waals surface area contributed by atoms with Crippen molar-refractivity contribution in [2.45, 2.75) is 45.1 Å². The number of rotatable bonds is 4. The van der Waals surface area contributed by atoms with Gasteiger partial charge < -0.3 is 10.3 Å². The standard InChI is InChI=1S/C11H19N3/c1-2-12-8-11-13-7-10(14-11)9-5-3-4-6-9/h7,9,12H,2-6,8H2,1H3,(H,13,14). The van der Waals surface area contributed by atoms with Crippen molar-refractivity contribution < 1.29 is 0 Å². The summed E-state index contributed by atoms with van der Waals surface area (Å²) in [6.07, 6.45) is 7.45. The summed E-state index contributed by atoms with van der Waals surface area (Å²) in [4.78, 5) is 7.80. The van der Waals surface area contributed by atoms with Crippen molar-refractivity contribution in [3.63, 3.8) is 0 Å². The summed E-state index contributed by atoms with van der Waals surface area (Å²) in [6.45, 7) is 3.98. The molecule has 0 amide bonds. The van der Waals surface area contributed by atoms with Crippen LogP contribution < -0.4 is 5.32 Å². The normalized spacial score (nSPS) is 17.8. The Morgan fingerprint density at radius 3 is 3.00 bits per heavy atom. The van der Waals surface area contributed by atoms with E-state index < -0.39 is 0 Å². The molecule has 0 spiro atoms. The molecule has 0 bridgehead atoms. The van der Waals surface area contributed by atoms with Crippen molar-refractivity contribution >= 4 is 0 Å². The van der Waals surface area contributed by atoms with E-state index in [0.29, 0.717) is 0 Å². The average molecular weight is 193 g/mol. The fourth-order valence-electron chi connectivity index (χ4n) is 2.16. The summed E-state index contributed by atoms with van der Waals surface area (Å²) in [6, 6.07) is 0. The Morgan fingerprint density at radius 1 is 1.50 bits per heavy atom. The summed E-state index contributed by atoms with van der Waals surface area (Å²) in [7, 11) is 0. The molecule has 1 aromatic heterocycles. The van der Waals surface area contributed by atoms with E-state index in [2.05, 4.69) is 22.2 Å². The average Bonchev–Trinajstić information content (AvgIpc) is 2.85. The zero-order valence-corrected chi connectivity index (χ0v) is 8.84. The van der Waals surface area contributed by atoms with E-state index >= 15 is 0 Å². The third-order valence-corrected chi connectivity index (χ3v) is 2.99. The summed E-state index contributed by atoms with van der Waals surface area (Å²) in [5.41, 5.74) is 1.34. The number of hydrogen-bond donors (Lipinski definition) is 2. The molecule has 0 radical (unpaired) electrons. The maximum absolute atomic E-state index is 4.38. The van der Waals surface area contributed by atoms with Crippen molar-refractivity contribution in [1.82, 2.24) is 15.3 Å². The van der Waals surface area contributed by atoms with Crippen molar-refractivity contribution in [2.24, 2.45) is 0 Å². The second-order valence-electron chi connectivity index (χ2n) is 4.05. The fraction of sp³-hybridized carbons (Fsp3) is 0.727. The highest BCUT2D eigenvalue weighted by Crippen LogP contribution is 2.32. The number of hydrogen-bond acceptors (Lipinski definition) is 2.